The highest BCUT2D eigenvalue weighted by Crippen LogP contribution is 2.31. The van der Waals surface area contributed by atoms with E-state index in [2.05, 4.69) is 5.32 Å². The van der Waals surface area contributed by atoms with Crippen molar-refractivity contribution in [2.75, 3.05) is 5.32 Å². The lowest BCUT2D eigenvalue weighted by Crippen LogP contribution is -2.36. The Bertz CT molecular complexity index is 709. The van der Waals surface area contributed by atoms with Crippen molar-refractivity contribution in [3.63, 3.8) is 0 Å². The summed E-state index contributed by atoms with van der Waals surface area (Å²) < 4.78 is 0. The largest absolute Gasteiger partial charge is 0.481 e. The van der Waals surface area contributed by atoms with E-state index in [0.29, 0.717) is 18.5 Å². The highest BCUT2D eigenvalue weighted by molar-refractivity contribution is 5.95. The lowest BCUT2D eigenvalue weighted by molar-refractivity contribution is -0.147. The highest BCUT2D eigenvalue weighted by Gasteiger charge is 2.35. The van der Waals surface area contributed by atoms with Gasteiger partial charge in [0.05, 0.1) is 11.8 Å². The van der Waals surface area contributed by atoms with E-state index in [1.54, 1.807) is 0 Å². The van der Waals surface area contributed by atoms with Crippen LogP contribution in [0.25, 0.3) is 11.1 Å². The molecule has 24 heavy (non-hydrogen) atoms. The van der Waals surface area contributed by atoms with E-state index in [1.807, 2.05) is 54.6 Å². The Morgan fingerprint density at radius 2 is 1.42 bits per heavy atom. The minimum Gasteiger partial charge on any atom is -0.481 e. The van der Waals surface area contributed by atoms with E-state index >= 15 is 0 Å². The van der Waals surface area contributed by atoms with E-state index in [9.17, 15) is 14.7 Å². The number of hydrogen-bond donors (Lipinski definition) is 2. The van der Waals surface area contributed by atoms with Gasteiger partial charge in [0.2, 0.25) is 5.91 Å². The predicted octanol–water partition coefficient (Wildman–Crippen LogP) is 4.18. The van der Waals surface area contributed by atoms with Crippen molar-refractivity contribution >= 4 is 17.6 Å². The fraction of sp³-hybridized carbons (Fsp3) is 0.300. The summed E-state index contributed by atoms with van der Waals surface area (Å²) in [5.74, 6) is -2.06. The topological polar surface area (TPSA) is 66.4 Å². The molecule has 0 spiro atoms. The van der Waals surface area contributed by atoms with Gasteiger partial charge in [0.15, 0.2) is 0 Å². The number of benzene rings is 2. The first-order valence-electron chi connectivity index (χ1n) is 8.34. The number of carboxylic acids is 1. The van der Waals surface area contributed by atoms with Crippen molar-refractivity contribution in [2.45, 2.75) is 25.7 Å². The summed E-state index contributed by atoms with van der Waals surface area (Å²) in [7, 11) is 0. The van der Waals surface area contributed by atoms with Crippen LogP contribution in [0.15, 0.2) is 54.6 Å². The van der Waals surface area contributed by atoms with E-state index in [4.69, 9.17) is 0 Å². The lowest BCUT2D eigenvalue weighted by Gasteiger charge is -2.27. The van der Waals surface area contributed by atoms with E-state index in [1.165, 1.54) is 0 Å². The molecule has 0 heterocycles. The molecule has 0 radical (unpaired) electrons. The Morgan fingerprint density at radius 3 is 2.04 bits per heavy atom. The summed E-state index contributed by atoms with van der Waals surface area (Å²) in [6.07, 6.45) is 3.02. The van der Waals surface area contributed by atoms with Crippen LogP contribution in [0, 0.1) is 11.8 Å². The van der Waals surface area contributed by atoms with Crippen LogP contribution in [0.5, 0.6) is 0 Å². The molecule has 4 heteroatoms. The summed E-state index contributed by atoms with van der Waals surface area (Å²) in [4.78, 5) is 23.8. The van der Waals surface area contributed by atoms with Gasteiger partial charge in [-0.1, -0.05) is 55.3 Å². The normalized spacial score (nSPS) is 20.3. The SMILES string of the molecule is O=C(O)[C@@H]1CCCC[C@H]1C(=O)Nc1ccc(-c2ccccc2)cc1. The molecule has 0 bridgehead atoms. The van der Waals surface area contributed by atoms with Gasteiger partial charge in [0.25, 0.3) is 0 Å². The van der Waals surface area contributed by atoms with E-state index in [-0.39, 0.29) is 5.91 Å². The number of carbonyl (C=O) groups is 2. The van der Waals surface area contributed by atoms with Gasteiger partial charge < -0.3 is 10.4 Å². The third-order valence-corrected chi connectivity index (χ3v) is 4.68. The van der Waals surface area contributed by atoms with Gasteiger partial charge in [-0.05, 0) is 36.1 Å². The van der Waals surface area contributed by atoms with Crippen LogP contribution in [0.2, 0.25) is 0 Å². The molecular weight excluding hydrogens is 302 g/mol. The van der Waals surface area contributed by atoms with Gasteiger partial charge in [0.1, 0.15) is 0 Å². The number of carboxylic acid groups (broad SMARTS) is 1. The van der Waals surface area contributed by atoms with Crippen LogP contribution in [0.4, 0.5) is 5.69 Å². The molecule has 0 unspecified atom stereocenters. The Kier molecular flexibility index (Phi) is 4.94. The van der Waals surface area contributed by atoms with Crippen LogP contribution in [-0.2, 0) is 9.59 Å². The predicted molar refractivity (Wildman–Crippen MR) is 93.6 cm³/mol. The Hall–Kier alpha value is -2.62. The first kappa shape index (κ1) is 16.2. The maximum atomic E-state index is 12.5. The smallest absolute Gasteiger partial charge is 0.307 e. The second-order valence-corrected chi connectivity index (χ2v) is 6.27. The quantitative estimate of drug-likeness (QED) is 0.887. The van der Waals surface area contributed by atoms with Crippen molar-refractivity contribution in [3.05, 3.63) is 54.6 Å². The number of anilines is 1. The second kappa shape index (κ2) is 7.30. The van der Waals surface area contributed by atoms with Crippen LogP contribution < -0.4 is 5.32 Å². The Balaban J connectivity index is 1.69. The minimum atomic E-state index is -0.866. The number of rotatable bonds is 4. The van der Waals surface area contributed by atoms with Gasteiger partial charge >= 0.3 is 5.97 Å². The van der Waals surface area contributed by atoms with Gasteiger partial charge in [-0.25, -0.2) is 0 Å². The molecule has 1 fully saturated rings. The number of carbonyl (C=O) groups excluding carboxylic acids is 1. The average Bonchev–Trinajstić information content (AvgIpc) is 2.63. The van der Waals surface area contributed by atoms with Gasteiger partial charge in [-0.2, -0.15) is 0 Å². The van der Waals surface area contributed by atoms with Gasteiger partial charge in [-0.3, -0.25) is 9.59 Å². The van der Waals surface area contributed by atoms with Gasteiger partial charge in [0, 0.05) is 5.69 Å². The zero-order valence-electron chi connectivity index (χ0n) is 13.4. The molecule has 2 N–H and O–H groups in total. The molecule has 4 nitrogen and oxygen atoms in total. The number of amides is 1. The van der Waals surface area contributed by atoms with Crippen molar-refractivity contribution in [1.29, 1.82) is 0 Å². The zero-order valence-corrected chi connectivity index (χ0v) is 13.4. The third-order valence-electron chi connectivity index (χ3n) is 4.68. The molecule has 0 aliphatic heterocycles. The molecule has 1 aliphatic rings. The first-order chi connectivity index (χ1) is 11.6. The summed E-state index contributed by atoms with van der Waals surface area (Å²) in [5.41, 5.74) is 2.90. The van der Waals surface area contributed by atoms with Crippen LogP contribution >= 0.6 is 0 Å². The van der Waals surface area contributed by atoms with E-state index < -0.39 is 17.8 Å². The molecule has 2 aromatic carbocycles. The second-order valence-electron chi connectivity index (χ2n) is 6.27. The minimum absolute atomic E-state index is 0.186. The molecule has 1 saturated carbocycles. The molecule has 1 amide bonds. The monoisotopic (exact) mass is 323 g/mol. The molecule has 124 valence electrons. The zero-order chi connectivity index (χ0) is 16.9. The van der Waals surface area contributed by atoms with E-state index in [0.717, 1.165) is 24.0 Å². The molecule has 1 aliphatic carbocycles. The number of nitrogens with one attached hydrogen (secondary N) is 1. The average molecular weight is 323 g/mol. The molecule has 0 saturated heterocycles. The summed E-state index contributed by atoms with van der Waals surface area (Å²) in [6.45, 7) is 0. The molecular formula is C20H21NO3. The summed E-state index contributed by atoms with van der Waals surface area (Å²) in [6, 6.07) is 17.7. The molecule has 0 aromatic heterocycles. The van der Waals surface area contributed by atoms with Crippen LogP contribution in [0.1, 0.15) is 25.7 Å². The fourth-order valence-corrected chi connectivity index (χ4v) is 3.35. The molecule has 3 rings (SSSR count). The lowest BCUT2D eigenvalue weighted by atomic mass is 9.78. The van der Waals surface area contributed by atoms with Crippen LogP contribution in [0.3, 0.4) is 0 Å². The number of aliphatic carboxylic acids is 1. The van der Waals surface area contributed by atoms with Crippen molar-refractivity contribution in [3.8, 4) is 11.1 Å². The summed E-state index contributed by atoms with van der Waals surface area (Å²) >= 11 is 0. The standard InChI is InChI=1S/C20H21NO3/c22-19(17-8-4-5-9-18(17)20(23)24)21-16-12-10-15(11-13-16)14-6-2-1-3-7-14/h1-3,6-7,10-13,17-18H,4-5,8-9H2,(H,21,22)(H,23,24)/t17-,18-/m1/s1. The first-order valence-corrected chi connectivity index (χ1v) is 8.34. The highest BCUT2D eigenvalue weighted by atomic mass is 16.4. The Morgan fingerprint density at radius 1 is 0.833 bits per heavy atom. The molecule has 2 atom stereocenters. The Labute approximate surface area is 141 Å². The number of hydrogen-bond acceptors (Lipinski definition) is 2. The van der Waals surface area contributed by atoms with Crippen molar-refractivity contribution in [1.82, 2.24) is 0 Å². The van der Waals surface area contributed by atoms with Crippen molar-refractivity contribution < 1.29 is 14.7 Å². The molecule has 2 aromatic rings. The van der Waals surface area contributed by atoms with Gasteiger partial charge in [-0.15, -0.1) is 0 Å². The van der Waals surface area contributed by atoms with Crippen molar-refractivity contribution in [2.24, 2.45) is 11.8 Å². The maximum Gasteiger partial charge on any atom is 0.307 e. The fourth-order valence-electron chi connectivity index (χ4n) is 3.35. The van der Waals surface area contributed by atoms with Crippen LogP contribution in [-0.4, -0.2) is 17.0 Å². The third kappa shape index (κ3) is 3.65. The maximum absolute atomic E-state index is 12.5. The summed E-state index contributed by atoms with van der Waals surface area (Å²) in [5, 5.41) is 12.2.